The monoisotopic (exact) mass is 482 g/mol. The van der Waals surface area contributed by atoms with Crippen LogP contribution in [0.25, 0.3) is 11.5 Å². The van der Waals surface area contributed by atoms with Crippen molar-refractivity contribution in [2.24, 2.45) is 0 Å². The number of aromatic nitrogens is 1. The summed E-state index contributed by atoms with van der Waals surface area (Å²) in [6.07, 6.45) is 0. The van der Waals surface area contributed by atoms with E-state index >= 15 is 0 Å². The van der Waals surface area contributed by atoms with Crippen LogP contribution in [0.2, 0.25) is 0 Å². The number of hydrogen-bond acceptors (Lipinski definition) is 5. The average Bonchev–Trinajstić information content (AvgIpc) is 3.20. The molecule has 0 amide bonds. The van der Waals surface area contributed by atoms with Crippen LogP contribution in [0, 0.1) is 0 Å². The number of oxazole rings is 1. The Balaban J connectivity index is 1.79. The number of halogens is 1. The van der Waals surface area contributed by atoms with Crippen molar-refractivity contribution in [3.05, 3.63) is 95.0 Å². The minimum absolute atomic E-state index is 0.119. The number of sulfone groups is 1. The molecule has 0 saturated carbocycles. The molecule has 30 heavy (non-hydrogen) atoms. The van der Waals surface area contributed by atoms with Crippen molar-refractivity contribution in [2.75, 3.05) is 5.32 Å². The van der Waals surface area contributed by atoms with Crippen LogP contribution in [-0.2, 0) is 9.84 Å². The van der Waals surface area contributed by atoms with E-state index in [1.165, 1.54) is 0 Å². The van der Waals surface area contributed by atoms with Crippen LogP contribution < -0.4 is 5.32 Å². The van der Waals surface area contributed by atoms with Crippen molar-refractivity contribution in [1.82, 2.24) is 4.98 Å². The summed E-state index contributed by atoms with van der Waals surface area (Å²) in [6.45, 7) is 1.94. The summed E-state index contributed by atoms with van der Waals surface area (Å²) in [7, 11) is -3.89. The normalized spacial score (nSPS) is 12.5. The van der Waals surface area contributed by atoms with Gasteiger partial charge in [-0.25, -0.2) is 8.42 Å². The highest BCUT2D eigenvalue weighted by atomic mass is 79.9. The Hall–Kier alpha value is -2.90. The number of benzene rings is 3. The van der Waals surface area contributed by atoms with Crippen molar-refractivity contribution in [2.45, 2.75) is 22.9 Å². The highest BCUT2D eigenvalue weighted by molar-refractivity contribution is 9.10. The number of nitrogens with zero attached hydrogens (tertiary/aromatic N) is 1. The number of hydrogen-bond donors (Lipinski definition) is 1. The highest BCUT2D eigenvalue weighted by Gasteiger charge is 2.29. The van der Waals surface area contributed by atoms with E-state index in [4.69, 9.17) is 4.42 Å². The molecule has 4 aromatic rings. The van der Waals surface area contributed by atoms with Gasteiger partial charge in [-0.2, -0.15) is 4.98 Å². The quantitative estimate of drug-likeness (QED) is 0.358. The van der Waals surface area contributed by atoms with Gasteiger partial charge >= 0.3 is 0 Å². The first-order valence-electron chi connectivity index (χ1n) is 9.33. The van der Waals surface area contributed by atoms with Gasteiger partial charge in [0.25, 0.3) is 0 Å². The fourth-order valence-electron chi connectivity index (χ4n) is 3.03. The summed E-state index contributed by atoms with van der Waals surface area (Å²) < 4.78 is 33.4. The Bertz CT molecular complexity index is 1240. The standard InChI is InChI=1S/C23H19BrN2O3S/c1-16(17-8-4-2-5-9-17)25-22-23(26-21(29-22)18-10-6-3-7-11-18)30(27,28)20-14-12-19(24)13-15-20/h2-16,25H,1H3. The van der Waals surface area contributed by atoms with Gasteiger partial charge in [-0.3, -0.25) is 0 Å². The molecule has 152 valence electrons. The summed E-state index contributed by atoms with van der Waals surface area (Å²) in [5.74, 6) is 0.363. The van der Waals surface area contributed by atoms with Crippen molar-refractivity contribution < 1.29 is 12.8 Å². The lowest BCUT2D eigenvalue weighted by atomic mass is 10.1. The van der Waals surface area contributed by atoms with Crippen LogP contribution in [0.4, 0.5) is 5.88 Å². The Kier molecular flexibility index (Phi) is 5.74. The van der Waals surface area contributed by atoms with Crippen LogP contribution >= 0.6 is 15.9 Å². The van der Waals surface area contributed by atoms with Crippen LogP contribution in [0.1, 0.15) is 18.5 Å². The zero-order valence-corrected chi connectivity index (χ0v) is 18.5. The lowest BCUT2D eigenvalue weighted by molar-refractivity contribution is 0.570. The third-order valence-corrected chi connectivity index (χ3v) is 6.85. The maximum Gasteiger partial charge on any atom is 0.234 e. The van der Waals surface area contributed by atoms with Crippen molar-refractivity contribution >= 4 is 31.7 Å². The van der Waals surface area contributed by atoms with Crippen molar-refractivity contribution in [3.63, 3.8) is 0 Å². The van der Waals surface area contributed by atoms with Crippen molar-refractivity contribution in [1.29, 1.82) is 0 Å². The summed E-state index contributed by atoms with van der Waals surface area (Å²) in [5, 5.41) is 3.05. The molecule has 1 N–H and O–H groups in total. The molecule has 1 aromatic heterocycles. The maximum atomic E-state index is 13.4. The molecular formula is C23H19BrN2O3S. The Morgan fingerprint density at radius 3 is 2.13 bits per heavy atom. The number of rotatable bonds is 6. The van der Waals surface area contributed by atoms with E-state index in [2.05, 4.69) is 26.2 Å². The second-order valence-electron chi connectivity index (χ2n) is 6.75. The van der Waals surface area contributed by atoms with Crippen LogP contribution in [0.15, 0.2) is 104 Å². The molecule has 1 heterocycles. The molecule has 4 rings (SSSR count). The van der Waals surface area contributed by atoms with Crippen LogP contribution in [0.5, 0.6) is 0 Å². The van der Waals surface area contributed by atoms with Gasteiger partial charge in [0.1, 0.15) is 0 Å². The van der Waals surface area contributed by atoms with Gasteiger partial charge in [0.05, 0.1) is 10.9 Å². The largest absolute Gasteiger partial charge is 0.419 e. The first-order chi connectivity index (χ1) is 14.4. The zero-order valence-electron chi connectivity index (χ0n) is 16.1. The lowest BCUT2D eigenvalue weighted by Gasteiger charge is -2.14. The van der Waals surface area contributed by atoms with Gasteiger partial charge in [0, 0.05) is 10.0 Å². The summed E-state index contributed by atoms with van der Waals surface area (Å²) >= 11 is 3.33. The number of nitrogens with one attached hydrogen (secondary N) is 1. The van der Waals surface area contributed by atoms with Gasteiger partial charge in [-0.05, 0) is 48.9 Å². The predicted octanol–water partition coefficient (Wildman–Crippen LogP) is 6.11. The highest BCUT2D eigenvalue weighted by Crippen LogP contribution is 2.34. The van der Waals surface area contributed by atoms with Crippen molar-refractivity contribution in [3.8, 4) is 11.5 Å². The Labute approximate surface area is 183 Å². The summed E-state index contributed by atoms with van der Waals surface area (Å²) in [5.41, 5.74) is 1.70. The van der Waals surface area contributed by atoms with Gasteiger partial charge in [-0.15, -0.1) is 0 Å². The molecule has 3 aromatic carbocycles. The average molecular weight is 483 g/mol. The first kappa shape index (κ1) is 20.4. The van der Waals surface area contributed by atoms with Gasteiger partial charge in [0.2, 0.25) is 26.6 Å². The molecule has 0 fully saturated rings. The minimum atomic E-state index is -3.89. The Morgan fingerprint density at radius 2 is 1.50 bits per heavy atom. The molecular weight excluding hydrogens is 464 g/mol. The molecule has 0 radical (unpaired) electrons. The maximum absolute atomic E-state index is 13.4. The van der Waals surface area contributed by atoms with E-state index in [-0.39, 0.29) is 27.7 Å². The molecule has 0 aliphatic rings. The van der Waals surface area contributed by atoms with E-state index in [9.17, 15) is 8.42 Å². The summed E-state index contributed by atoms with van der Waals surface area (Å²) in [4.78, 5) is 4.52. The van der Waals surface area contributed by atoms with E-state index in [0.717, 1.165) is 10.0 Å². The topological polar surface area (TPSA) is 72.2 Å². The molecule has 7 heteroatoms. The first-order valence-corrected chi connectivity index (χ1v) is 11.6. The fraction of sp³-hybridized carbons (Fsp3) is 0.0870. The molecule has 0 spiro atoms. The predicted molar refractivity (Wildman–Crippen MR) is 120 cm³/mol. The number of anilines is 1. The second kappa shape index (κ2) is 8.45. The fourth-order valence-corrected chi connectivity index (χ4v) is 4.56. The SMILES string of the molecule is CC(Nc1oc(-c2ccccc2)nc1S(=O)(=O)c1ccc(Br)cc1)c1ccccc1. The molecule has 0 saturated heterocycles. The molecule has 0 aliphatic heterocycles. The van der Waals surface area contributed by atoms with E-state index in [1.54, 1.807) is 24.3 Å². The van der Waals surface area contributed by atoms with Gasteiger partial charge < -0.3 is 9.73 Å². The van der Waals surface area contributed by atoms with E-state index in [0.29, 0.717) is 5.56 Å². The smallest absolute Gasteiger partial charge is 0.234 e. The zero-order chi connectivity index (χ0) is 21.1. The molecule has 1 unspecified atom stereocenters. The van der Waals surface area contributed by atoms with E-state index in [1.807, 2.05) is 67.6 Å². The van der Waals surface area contributed by atoms with E-state index < -0.39 is 9.84 Å². The Morgan fingerprint density at radius 1 is 0.900 bits per heavy atom. The van der Waals surface area contributed by atoms with Gasteiger partial charge in [0.15, 0.2) is 0 Å². The third-order valence-electron chi connectivity index (χ3n) is 4.64. The van der Waals surface area contributed by atoms with Gasteiger partial charge in [-0.1, -0.05) is 64.5 Å². The molecule has 1 atom stereocenters. The lowest BCUT2D eigenvalue weighted by Crippen LogP contribution is -2.10. The van der Waals surface area contributed by atoms with Crippen LogP contribution in [0.3, 0.4) is 0 Å². The molecule has 0 bridgehead atoms. The second-order valence-corrected chi connectivity index (χ2v) is 9.53. The minimum Gasteiger partial charge on any atom is -0.419 e. The summed E-state index contributed by atoms with van der Waals surface area (Å²) in [6, 6.07) is 25.2. The third kappa shape index (κ3) is 4.17. The molecule has 0 aliphatic carbocycles. The van der Waals surface area contributed by atoms with Crippen LogP contribution in [-0.4, -0.2) is 13.4 Å². The molecule has 5 nitrogen and oxygen atoms in total.